The molecule has 1 saturated heterocycles. The highest BCUT2D eigenvalue weighted by Crippen LogP contribution is 2.22. The van der Waals surface area contributed by atoms with Crippen LogP contribution in [0.4, 0.5) is 16.2 Å². The standard InChI is InChI=1S/C26H27N3O3/c1-32-25(30)22-14-12-21(13-15-22)20-29(24-10-6-3-7-11-24)26(31)28-18-16-27(17-19-28)23-8-4-2-5-9-23/h2-15H,16-20H2,1H3. The first-order valence-electron chi connectivity index (χ1n) is 10.7. The number of piperazine rings is 1. The Balaban J connectivity index is 1.48. The molecular weight excluding hydrogens is 402 g/mol. The summed E-state index contributed by atoms with van der Waals surface area (Å²) in [7, 11) is 1.36. The van der Waals surface area contributed by atoms with Crippen LogP contribution in [-0.2, 0) is 11.3 Å². The third kappa shape index (κ3) is 4.91. The molecule has 32 heavy (non-hydrogen) atoms. The summed E-state index contributed by atoms with van der Waals surface area (Å²) < 4.78 is 4.77. The van der Waals surface area contributed by atoms with Crippen LogP contribution in [0.1, 0.15) is 15.9 Å². The molecule has 6 nitrogen and oxygen atoms in total. The second-order valence-electron chi connectivity index (χ2n) is 7.70. The topological polar surface area (TPSA) is 53.1 Å². The average molecular weight is 430 g/mol. The van der Waals surface area contributed by atoms with E-state index in [0.717, 1.165) is 24.3 Å². The molecule has 0 saturated carbocycles. The van der Waals surface area contributed by atoms with Gasteiger partial charge in [0.2, 0.25) is 0 Å². The maximum Gasteiger partial charge on any atom is 0.337 e. The highest BCUT2D eigenvalue weighted by Gasteiger charge is 2.26. The summed E-state index contributed by atoms with van der Waals surface area (Å²) in [6.07, 6.45) is 0. The van der Waals surface area contributed by atoms with Crippen LogP contribution in [0, 0.1) is 0 Å². The van der Waals surface area contributed by atoms with Gasteiger partial charge in [-0.2, -0.15) is 0 Å². The molecule has 0 bridgehead atoms. The summed E-state index contributed by atoms with van der Waals surface area (Å²) in [5.41, 5.74) is 3.47. The van der Waals surface area contributed by atoms with Gasteiger partial charge in [-0.25, -0.2) is 9.59 Å². The molecule has 1 fully saturated rings. The molecule has 3 aromatic carbocycles. The fourth-order valence-electron chi connectivity index (χ4n) is 3.89. The van der Waals surface area contributed by atoms with Crippen LogP contribution in [-0.4, -0.2) is 50.2 Å². The second-order valence-corrected chi connectivity index (χ2v) is 7.70. The Labute approximate surface area is 188 Å². The molecule has 1 heterocycles. The summed E-state index contributed by atoms with van der Waals surface area (Å²) >= 11 is 0. The van der Waals surface area contributed by atoms with Crippen molar-refractivity contribution in [1.82, 2.24) is 4.90 Å². The Hall–Kier alpha value is -3.80. The van der Waals surface area contributed by atoms with Crippen molar-refractivity contribution in [1.29, 1.82) is 0 Å². The van der Waals surface area contributed by atoms with Gasteiger partial charge >= 0.3 is 12.0 Å². The molecule has 3 aromatic rings. The number of carbonyl (C=O) groups is 2. The zero-order valence-corrected chi connectivity index (χ0v) is 18.2. The van der Waals surface area contributed by atoms with Crippen LogP contribution >= 0.6 is 0 Å². The van der Waals surface area contributed by atoms with E-state index in [1.54, 1.807) is 17.0 Å². The minimum Gasteiger partial charge on any atom is -0.465 e. The van der Waals surface area contributed by atoms with Gasteiger partial charge in [0, 0.05) is 37.6 Å². The summed E-state index contributed by atoms with van der Waals surface area (Å²) in [5.74, 6) is -0.371. The number of para-hydroxylation sites is 2. The monoisotopic (exact) mass is 429 g/mol. The van der Waals surface area contributed by atoms with Gasteiger partial charge in [0.25, 0.3) is 0 Å². The maximum absolute atomic E-state index is 13.5. The average Bonchev–Trinajstić information content (AvgIpc) is 2.88. The predicted octanol–water partition coefficient (Wildman–Crippen LogP) is 4.42. The number of esters is 1. The first kappa shape index (κ1) is 21.4. The van der Waals surface area contributed by atoms with Crippen LogP contribution in [0.3, 0.4) is 0 Å². The molecule has 4 rings (SSSR count). The quantitative estimate of drug-likeness (QED) is 0.564. The van der Waals surface area contributed by atoms with E-state index in [2.05, 4.69) is 17.0 Å². The number of hydrogen-bond donors (Lipinski definition) is 0. The van der Waals surface area contributed by atoms with Gasteiger partial charge in [-0.15, -0.1) is 0 Å². The number of nitrogens with zero attached hydrogens (tertiary/aromatic N) is 3. The van der Waals surface area contributed by atoms with Crippen LogP contribution in [0.2, 0.25) is 0 Å². The Morgan fingerprint density at radius 1 is 0.812 bits per heavy atom. The van der Waals surface area contributed by atoms with Gasteiger partial charge in [-0.05, 0) is 42.0 Å². The van der Waals surface area contributed by atoms with Crippen molar-refractivity contribution in [2.24, 2.45) is 0 Å². The SMILES string of the molecule is COC(=O)c1ccc(CN(C(=O)N2CCN(c3ccccc3)CC2)c2ccccc2)cc1. The molecule has 2 amide bonds. The lowest BCUT2D eigenvalue weighted by molar-refractivity contribution is 0.0600. The lowest BCUT2D eigenvalue weighted by atomic mass is 10.1. The number of urea groups is 1. The van der Waals surface area contributed by atoms with Crippen LogP contribution in [0.15, 0.2) is 84.9 Å². The van der Waals surface area contributed by atoms with E-state index < -0.39 is 0 Å². The van der Waals surface area contributed by atoms with Crippen molar-refractivity contribution in [3.8, 4) is 0 Å². The highest BCUT2D eigenvalue weighted by molar-refractivity contribution is 5.92. The van der Waals surface area contributed by atoms with Gasteiger partial charge in [0.15, 0.2) is 0 Å². The number of carbonyl (C=O) groups excluding carboxylic acids is 2. The molecule has 1 aliphatic rings. The van der Waals surface area contributed by atoms with Gasteiger partial charge in [0.1, 0.15) is 0 Å². The first-order valence-corrected chi connectivity index (χ1v) is 10.7. The number of rotatable bonds is 5. The number of benzene rings is 3. The Morgan fingerprint density at radius 3 is 2.00 bits per heavy atom. The largest absolute Gasteiger partial charge is 0.465 e. The molecular formula is C26H27N3O3. The second kappa shape index (κ2) is 10.0. The minimum absolute atomic E-state index is 0.0130. The van der Waals surface area contributed by atoms with Gasteiger partial charge in [0.05, 0.1) is 19.2 Å². The van der Waals surface area contributed by atoms with Crippen molar-refractivity contribution in [2.45, 2.75) is 6.54 Å². The number of methoxy groups -OCH3 is 1. The summed E-state index contributed by atoms with van der Waals surface area (Å²) in [6.45, 7) is 3.35. The van der Waals surface area contributed by atoms with Crippen molar-refractivity contribution in [3.63, 3.8) is 0 Å². The molecule has 0 radical (unpaired) electrons. The molecule has 0 aliphatic carbocycles. The van der Waals surface area contributed by atoms with E-state index in [1.807, 2.05) is 65.6 Å². The smallest absolute Gasteiger partial charge is 0.337 e. The first-order chi connectivity index (χ1) is 15.7. The lowest BCUT2D eigenvalue weighted by Gasteiger charge is -2.38. The molecule has 0 unspecified atom stereocenters. The number of anilines is 2. The third-order valence-corrected chi connectivity index (χ3v) is 5.69. The summed E-state index contributed by atoms with van der Waals surface area (Å²) in [4.78, 5) is 31.3. The zero-order chi connectivity index (χ0) is 22.3. The fraction of sp³-hybridized carbons (Fsp3) is 0.231. The van der Waals surface area contributed by atoms with Gasteiger partial charge in [-0.3, -0.25) is 4.90 Å². The van der Waals surface area contributed by atoms with E-state index in [0.29, 0.717) is 25.2 Å². The lowest BCUT2D eigenvalue weighted by Crippen LogP contribution is -2.53. The fourth-order valence-corrected chi connectivity index (χ4v) is 3.89. The zero-order valence-electron chi connectivity index (χ0n) is 18.2. The number of amides is 2. The van der Waals surface area contributed by atoms with Crippen LogP contribution < -0.4 is 9.80 Å². The molecule has 0 N–H and O–H groups in total. The molecule has 1 aliphatic heterocycles. The van der Waals surface area contributed by atoms with E-state index in [4.69, 9.17) is 4.74 Å². The van der Waals surface area contributed by atoms with Gasteiger partial charge < -0.3 is 14.5 Å². The van der Waals surface area contributed by atoms with Crippen molar-refractivity contribution in [3.05, 3.63) is 96.1 Å². The summed E-state index contributed by atoms with van der Waals surface area (Å²) in [6, 6.07) is 27.2. The molecule has 0 atom stereocenters. The molecule has 6 heteroatoms. The summed E-state index contributed by atoms with van der Waals surface area (Å²) in [5, 5.41) is 0. The van der Waals surface area contributed by atoms with Gasteiger partial charge in [-0.1, -0.05) is 48.5 Å². The van der Waals surface area contributed by atoms with Crippen molar-refractivity contribution < 1.29 is 14.3 Å². The van der Waals surface area contributed by atoms with E-state index in [-0.39, 0.29) is 12.0 Å². The van der Waals surface area contributed by atoms with Crippen LogP contribution in [0.5, 0.6) is 0 Å². The Bertz CT molecular complexity index is 1030. The predicted molar refractivity (Wildman–Crippen MR) is 126 cm³/mol. The Morgan fingerprint density at radius 2 is 1.41 bits per heavy atom. The van der Waals surface area contributed by atoms with E-state index in [9.17, 15) is 9.59 Å². The van der Waals surface area contributed by atoms with Crippen molar-refractivity contribution >= 4 is 23.4 Å². The van der Waals surface area contributed by atoms with Crippen LogP contribution in [0.25, 0.3) is 0 Å². The van der Waals surface area contributed by atoms with E-state index >= 15 is 0 Å². The number of hydrogen-bond acceptors (Lipinski definition) is 4. The number of ether oxygens (including phenoxy) is 1. The molecule has 164 valence electrons. The normalized spacial score (nSPS) is 13.5. The third-order valence-electron chi connectivity index (χ3n) is 5.69. The van der Waals surface area contributed by atoms with Crippen molar-refractivity contribution in [2.75, 3.05) is 43.1 Å². The highest BCUT2D eigenvalue weighted by atomic mass is 16.5. The minimum atomic E-state index is -0.371. The molecule has 0 aromatic heterocycles. The maximum atomic E-state index is 13.5. The Kier molecular flexibility index (Phi) is 6.70. The molecule has 0 spiro atoms. The van der Waals surface area contributed by atoms with E-state index in [1.165, 1.54) is 12.8 Å².